The molecule has 9 heterocycles. The minimum atomic E-state index is 0.615. The SMILES string of the molecule is c1ccc(-c2nc(-c3cccc(-c4ccc(-c5cc6c7ccccc7n7c8cc9c(cc8c(c5)c67)sc5cccc(-c6nc(-c7ccccc7)nc(-c7ccc8c(c7)c7ccccc7n8-c7ccccc7)n6)c59)cc4)c3)nc(-c3cccc4sc5cc6c7cccc8c9ccccc9n(c6cc5c34)c87)n2)cc1. The summed E-state index contributed by atoms with van der Waals surface area (Å²) in [4.78, 5) is 32.1. The van der Waals surface area contributed by atoms with Crippen LogP contribution in [0, 0.1) is 0 Å². The summed E-state index contributed by atoms with van der Waals surface area (Å²) in [6.07, 6.45) is 0. The molecule has 0 saturated carbocycles. The minimum Gasteiger partial charge on any atom is -0.309 e. The molecule has 0 aliphatic carbocycles. The lowest BCUT2D eigenvalue weighted by atomic mass is 9.96. The molecule has 0 saturated heterocycles. The molecule has 9 aromatic heterocycles. The van der Waals surface area contributed by atoms with Gasteiger partial charge >= 0.3 is 0 Å². The van der Waals surface area contributed by atoms with Crippen molar-refractivity contribution in [3.05, 3.63) is 322 Å². The highest BCUT2D eigenvalue weighted by atomic mass is 32.1. The predicted octanol–water partition coefficient (Wildman–Crippen LogP) is 25.5. The van der Waals surface area contributed by atoms with Crippen molar-refractivity contribution in [2.45, 2.75) is 0 Å². The topological polar surface area (TPSA) is 91.1 Å². The first-order valence-electron chi connectivity index (χ1n) is 36.1. The summed E-state index contributed by atoms with van der Waals surface area (Å²) in [5.74, 6) is 3.75. The van der Waals surface area contributed by atoms with Gasteiger partial charge in [0, 0.05) is 133 Å². The monoisotopic (exact) mass is 1400 g/mol. The molecule has 0 atom stereocenters. The Morgan fingerprint density at radius 3 is 1.16 bits per heavy atom. The number of nitrogens with zero attached hydrogens (tertiary/aromatic N) is 9. The Hall–Kier alpha value is -13.8. The first kappa shape index (κ1) is 58.6. The summed E-state index contributed by atoms with van der Waals surface area (Å²) in [5, 5.41) is 16.9. The molecule has 0 amide bonds. The van der Waals surface area contributed by atoms with E-state index in [1.165, 1.54) is 106 Å². The number of para-hydroxylation sites is 5. The molecule has 0 aliphatic heterocycles. The maximum atomic E-state index is 5.45. The molecule has 0 bridgehead atoms. The first-order valence-corrected chi connectivity index (χ1v) is 37.7. The highest BCUT2D eigenvalue weighted by Crippen LogP contribution is 2.50. The fourth-order valence-electron chi connectivity index (χ4n) is 17.4. The standard InChI is InChI=1S/C96H53N9S2/c1-4-20-56(21-5-1)91-97-93(101-95(99-91)68-33-18-38-83-87(68)75-50-81-71(52-85(75)106-83)67-32-17-31-66-63-28-10-14-36-78(63)104(81)89(66)67)59-25-16-24-58(46-59)54-40-42-55(43-41-54)61-48-73-65-30-12-15-37-79(65)105-82-51-76-86(53-72(82)74(49-61)90(73)105)107-84-39-19-34-69(88(76)84)96-100-92(57-22-6-2-7-23-57)98-94(102-96)60-44-45-80-70(47-60)64-29-11-13-35-77(64)103(80)62-26-8-3-9-27-62/h1-53H. The number of aromatic nitrogens is 9. The number of rotatable bonds is 9. The maximum Gasteiger partial charge on any atom is 0.164 e. The molecule has 0 unspecified atom stereocenters. The maximum absolute atomic E-state index is 5.45. The third-order valence-corrected chi connectivity index (χ3v) is 24.4. The van der Waals surface area contributed by atoms with E-state index in [9.17, 15) is 0 Å². The van der Waals surface area contributed by atoms with Gasteiger partial charge in [-0.15, -0.1) is 22.7 Å². The largest absolute Gasteiger partial charge is 0.309 e. The Labute approximate surface area is 617 Å². The van der Waals surface area contributed by atoms with Crippen molar-refractivity contribution >= 4 is 161 Å². The van der Waals surface area contributed by atoms with Crippen LogP contribution in [0.15, 0.2) is 322 Å². The summed E-state index contributed by atoms with van der Waals surface area (Å²) in [6, 6.07) is 116. The fraction of sp³-hybridized carbons (Fsp3) is 0. The highest BCUT2D eigenvalue weighted by molar-refractivity contribution is 7.26. The molecular formula is C96H53N9S2. The van der Waals surface area contributed by atoms with E-state index in [0.29, 0.717) is 34.9 Å². The smallest absolute Gasteiger partial charge is 0.164 e. The normalized spacial score (nSPS) is 12.3. The van der Waals surface area contributed by atoms with Crippen LogP contribution in [0.3, 0.4) is 0 Å². The summed E-state index contributed by atoms with van der Waals surface area (Å²) in [5.41, 5.74) is 20.7. The Morgan fingerprint density at radius 1 is 0.196 bits per heavy atom. The van der Waals surface area contributed by atoms with Crippen LogP contribution in [0.2, 0.25) is 0 Å². The summed E-state index contributed by atoms with van der Waals surface area (Å²) in [7, 11) is 0. The minimum absolute atomic E-state index is 0.615. The second-order valence-electron chi connectivity index (χ2n) is 28.0. The lowest BCUT2D eigenvalue weighted by Crippen LogP contribution is -2.00. The zero-order chi connectivity index (χ0) is 69.7. The van der Waals surface area contributed by atoms with Gasteiger partial charge in [-0.25, -0.2) is 29.9 Å². The van der Waals surface area contributed by atoms with Crippen LogP contribution in [0.5, 0.6) is 0 Å². The van der Waals surface area contributed by atoms with Crippen LogP contribution >= 0.6 is 22.7 Å². The van der Waals surface area contributed by atoms with Crippen molar-refractivity contribution in [3.63, 3.8) is 0 Å². The molecule has 9 nitrogen and oxygen atoms in total. The van der Waals surface area contributed by atoms with E-state index in [2.05, 4.69) is 298 Å². The molecule has 15 aromatic carbocycles. The quantitative estimate of drug-likeness (QED) is 0.143. The molecular weight excluding hydrogens is 1340 g/mol. The van der Waals surface area contributed by atoms with E-state index in [1.54, 1.807) is 0 Å². The van der Waals surface area contributed by atoms with Gasteiger partial charge in [-0.3, -0.25) is 0 Å². The number of hydrogen-bond donors (Lipinski definition) is 0. The van der Waals surface area contributed by atoms with Gasteiger partial charge in [-0.1, -0.05) is 218 Å². The van der Waals surface area contributed by atoms with E-state index in [1.807, 2.05) is 59.1 Å². The van der Waals surface area contributed by atoms with E-state index in [-0.39, 0.29) is 0 Å². The van der Waals surface area contributed by atoms with Gasteiger partial charge < -0.3 is 13.4 Å². The second kappa shape index (κ2) is 22.3. The van der Waals surface area contributed by atoms with Gasteiger partial charge in [0.25, 0.3) is 0 Å². The van der Waals surface area contributed by atoms with E-state index < -0.39 is 0 Å². The van der Waals surface area contributed by atoms with Crippen molar-refractivity contribution in [1.82, 2.24) is 43.3 Å². The van der Waals surface area contributed by atoms with Crippen LogP contribution in [0.4, 0.5) is 0 Å². The third-order valence-electron chi connectivity index (χ3n) is 22.2. The van der Waals surface area contributed by atoms with Gasteiger partial charge in [0.1, 0.15) is 0 Å². The van der Waals surface area contributed by atoms with Gasteiger partial charge in [0.15, 0.2) is 34.9 Å². The van der Waals surface area contributed by atoms with Crippen LogP contribution in [0.25, 0.3) is 235 Å². The lowest BCUT2D eigenvalue weighted by molar-refractivity contribution is 1.08. The Bertz CT molecular complexity index is 7870. The summed E-state index contributed by atoms with van der Waals surface area (Å²) < 4.78 is 12.1. The highest BCUT2D eigenvalue weighted by Gasteiger charge is 2.26. The predicted molar refractivity (Wildman–Crippen MR) is 446 cm³/mol. The molecule has 0 radical (unpaired) electrons. The number of thiophene rings is 2. The zero-order valence-corrected chi connectivity index (χ0v) is 58.6. The van der Waals surface area contributed by atoms with E-state index in [4.69, 9.17) is 29.9 Å². The zero-order valence-electron chi connectivity index (χ0n) is 56.9. The molecule has 494 valence electrons. The van der Waals surface area contributed by atoms with Crippen LogP contribution in [-0.2, 0) is 0 Å². The van der Waals surface area contributed by atoms with Gasteiger partial charge in [0.2, 0.25) is 0 Å². The number of fused-ring (bicyclic) bond motifs is 21. The molecule has 11 heteroatoms. The number of hydrogen-bond acceptors (Lipinski definition) is 8. The van der Waals surface area contributed by atoms with Gasteiger partial charge in [-0.2, -0.15) is 0 Å². The first-order chi connectivity index (χ1) is 53.0. The Kier molecular flexibility index (Phi) is 12.2. The van der Waals surface area contributed by atoms with Gasteiger partial charge in [0.05, 0.1) is 44.1 Å². The lowest BCUT2D eigenvalue weighted by Gasteiger charge is -2.11. The van der Waals surface area contributed by atoms with Crippen molar-refractivity contribution in [2.24, 2.45) is 0 Å². The van der Waals surface area contributed by atoms with Crippen molar-refractivity contribution < 1.29 is 0 Å². The average Bonchev–Trinajstić information content (AvgIpc) is 1.82. The van der Waals surface area contributed by atoms with E-state index in [0.717, 1.165) is 94.0 Å². The molecule has 0 spiro atoms. The van der Waals surface area contributed by atoms with Crippen molar-refractivity contribution in [3.8, 4) is 96.3 Å². The molecule has 0 N–H and O–H groups in total. The summed E-state index contributed by atoms with van der Waals surface area (Å²) >= 11 is 3.65. The van der Waals surface area contributed by atoms with Gasteiger partial charge in [-0.05, 0) is 125 Å². The Balaban J connectivity index is 0.608. The molecule has 24 aromatic rings. The molecule has 0 aliphatic rings. The van der Waals surface area contributed by atoms with E-state index >= 15 is 0 Å². The molecule has 24 rings (SSSR count). The van der Waals surface area contributed by atoms with Crippen molar-refractivity contribution in [2.75, 3.05) is 0 Å². The van der Waals surface area contributed by atoms with Crippen LogP contribution in [0.1, 0.15) is 0 Å². The number of benzene rings is 15. The molecule has 0 fully saturated rings. The van der Waals surface area contributed by atoms with Crippen LogP contribution in [-0.4, -0.2) is 43.3 Å². The van der Waals surface area contributed by atoms with Crippen molar-refractivity contribution in [1.29, 1.82) is 0 Å². The van der Waals surface area contributed by atoms with Crippen LogP contribution < -0.4 is 0 Å². The second-order valence-corrected chi connectivity index (χ2v) is 30.2. The summed E-state index contributed by atoms with van der Waals surface area (Å²) in [6.45, 7) is 0. The average molecular weight is 1400 g/mol. The fourth-order valence-corrected chi connectivity index (χ4v) is 19.8. The molecule has 107 heavy (non-hydrogen) atoms. The third kappa shape index (κ3) is 8.66. The Morgan fingerprint density at radius 2 is 0.570 bits per heavy atom.